The number of carbonyl (C=O) groups excluding carboxylic acids is 1. The van der Waals surface area contributed by atoms with Gasteiger partial charge < -0.3 is 10.2 Å². The first kappa shape index (κ1) is 14.0. The number of hydrogen-bond acceptors (Lipinski definition) is 5. The van der Waals surface area contributed by atoms with Crippen molar-refractivity contribution >= 4 is 23.1 Å². The van der Waals surface area contributed by atoms with Crippen molar-refractivity contribution in [1.82, 2.24) is 4.98 Å². The van der Waals surface area contributed by atoms with Crippen molar-refractivity contribution in [2.75, 3.05) is 0 Å². The summed E-state index contributed by atoms with van der Waals surface area (Å²) >= 11 is 1.39. The van der Waals surface area contributed by atoms with E-state index in [2.05, 4.69) is 4.98 Å². The number of aliphatic hydroxyl groups is 1. The van der Waals surface area contributed by atoms with Gasteiger partial charge in [0.15, 0.2) is 5.78 Å². The summed E-state index contributed by atoms with van der Waals surface area (Å²) in [7, 11) is 0. The number of thiophene rings is 1. The summed E-state index contributed by atoms with van der Waals surface area (Å²) in [6.07, 6.45) is 3.00. The second-order valence-corrected chi connectivity index (χ2v) is 4.99. The summed E-state index contributed by atoms with van der Waals surface area (Å²) in [5, 5.41) is 19.2. The highest BCUT2D eigenvalue weighted by Crippen LogP contribution is 2.18. The predicted molar refractivity (Wildman–Crippen MR) is 74.0 cm³/mol. The number of nitrogens with zero attached hydrogens (tertiary/aromatic N) is 1. The molecule has 102 valence electrons. The van der Waals surface area contributed by atoms with Gasteiger partial charge in [-0.25, -0.2) is 4.79 Å². The summed E-state index contributed by atoms with van der Waals surface area (Å²) in [6, 6.07) is 7.27. The zero-order valence-electron chi connectivity index (χ0n) is 10.3. The molecule has 0 saturated heterocycles. The first-order valence-electron chi connectivity index (χ1n) is 5.72. The van der Waals surface area contributed by atoms with Gasteiger partial charge in [0.2, 0.25) is 5.76 Å². The Morgan fingerprint density at radius 1 is 1.30 bits per heavy atom. The zero-order chi connectivity index (χ0) is 14.5. The van der Waals surface area contributed by atoms with Gasteiger partial charge in [-0.15, -0.1) is 11.3 Å². The molecule has 2 aromatic rings. The van der Waals surface area contributed by atoms with E-state index in [0.29, 0.717) is 18.1 Å². The molecular weight excluding hydrogens is 278 g/mol. The van der Waals surface area contributed by atoms with E-state index in [-0.39, 0.29) is 0 Å². The summed E-state index contributed by atoms with van der Waals surface area (Å²) in [6.45, 7) is 0. The van der Waals surface area contributed by atoms with Crippen LogP contribution in [0.4, 0.5) is 0 Å². The fourth-order valence-electron chi connectivity index (χ4n) is 1.55. The lowest BCUT2D eigenvalue weighted by atomic mass is 10.1. The number of aliphatic hydroxyl groups excluding tert-OH is 1. The highest BCUT2D eigenvalue weighted by Gasteiger charge is 2.11. The normalized spacial score (nSPS) is 11.3. The van der Waals surface area contributed by atoms with Gasteiger partial charge in [-0.1, -0.05) is 6.07 Å². The van der Waals surface area contributed by atoms with Crippen LogP contribution in [0, 0.1) is 0 Å². The van der Waals surface area contributed by atoms with Crippen molar-refractivity contribution in [2.45, 2.75) is 6.42 Å². The first-order valence-corrected chi connectivity index (χ1v) is 6.60. The Labute approximate surface area is 118 Å². The predicted octanol–water partition coefficient (Wildman–Crippen LogP) is 2.44. The minimum absolute atomic E-state index is 0.355. The Balaban J connectivity index is 2.11. The zero-order valence-corrected chi connectivity index (χ0v) is 11.1. The molecule has 2 heterocycles. The number of aromatic nitrogens is 1. The molecule has 0 aliphatic carbocycles. The van der Waals surface area contributed by atoms with E-state index in [4.69, 9.17) is 10.2 Å². The Morgan fingerprint density at radius 2 is 2.10 bits per heavy atom. The monoisotopic (exact) mass is 289 g/mol. The Hall–Kier alpha value is -2.47. The van der Waals surface area contributed by atoms with Crippen LogP contribution < -0.4 is 0 Å². The highest BCUT2D eigenvalue weighted by molar-refractivity contribution is 7.10. The van der Waals surface area contributed by atoms with Gasteiger partial charge in [0.25, 0.3) is 0 Å². The third-order valence-electron chi connectivity index (χ3n) is 2.51. The van der Waals surface area contributed by atoms with Crippen molar-refractivity contribution in [3.8, 4) is 0 Å². The molecule has 0 amide bonds. The van der Waals surface area contributed by atoms with Crippen LogP contribution in [0.15, 0.2) is 47.7 Å². The van der Waals surface area contributed by atoms with Crippen LogP contribution in [0.5, 0.6) is 0 Å². The standard InChI is InChI=1S/C14H11NO4S/c16-12(7-13(17)14(18)19)9-5-11(20-8-9)6-10-3-1-2-4-15-10/h1-5,7-8,17H,6H2,(H,18,19). The average Bonchev–Trinajstić information content (AvgIpc) is 2.88. The Bertz CT molecular complexity index is 661. The number of aliphatic carboxylic acids is 1. The minimum Gasteiger partial charge on any atom is -0.502 e. The fourth-order valence-corrected chi connectivity index (χ4v) is 2.44. The molecule has 0 aliphatic heterocycles. The summed E-state index contributed by atoms with van der Waals surface area (Å²) in [4.78, 5) is 27.3. The van der Waals surface area contributed by atoms with Crippen LogP contribution in [-0.4, -0.2) is 26.9 Å². The third-order valence-corrected chi connectivity index (χ3v) is 3.44. The van der Waals surface area contributed by atoms with Gasteiger partial charge in [-0.2, -0.15) is 0 Å². The van der Waals surface area contributed by atoms with Crippen molar-refractivity contribution in [3.05, 3.63) is 63.8 Å². The molecule has 5 nitrogen and oxygen atoms in total. The molecule has 2 rings (SSSR count). The molecule has 0 bridgehead atoms. The number of carboxylic acid groups (broad SMARTS) is 1. The molecular formula is C14H11NO4S. The third kappa shape index (κ3) is 3.52. The van der Waals surface area contributed by atoms with Crippen LogP contribution in [-0.2, 0) is 11.2 Å². The van der Waals surface area contributed by atoms with Crippen LogP contribution in [0.2, 0.25) is 0 Å². The lowest BCUT2D eigenvalue weighted by Crippen LogP contribution is -2.03. The van der Waals surface area contributed by atoms with E-state index in [1.54, 1.807) is 17.6 Å². The smallest absolute Gasteiger partial charge is 0.371 e. The molecule has 0 saturated carbocycles. The molecule has 20 heavy (non-hydrogen) atoms. The molecule has 2 N–H and O–H groups in total. The number of carboxylic acids is 1. The fraction of sp³-hybridized carbons (Fsp3) is 0.0714. The second kappa shape index (κ2) is 6.12. The van der Waals surface area contributed by atoms with Crippen molar-refractivity contribution in [1.29, 1.82) is 0 Å². The number of ketones is 1. The van der Waals surface area contributed by atoms with E-state index in [9.17, 15) is 9.59 Å². The maximum atomic E-state index is 11.7. The molecule has 0 fully saturated rings. The number of pyridine rings is 1. The molecule has 2 aromatic heterocycles. The largest absolute Gasteiger partial charge is 0.502 e. The molecule has 0 radical (unpaired) electrons. The van der Waals surface area contributed by atoms with Gasteiger partial charge >= 0.3 is 5.97 Å². The topological polar surface area (TPSA) is 87.5 Å². The minimum atomic E-state index is -1.53. The van der Waals surface area contributed by atoms with Gasteiger partial charge in [0, 0.05) is 40.2 Å². The highest BCUT2D eigenvalue weighted by atomic mass is 32.1. The molecule has 0 spiro atoms. The van der Waals surface area contributed by atoms with E-state index in [0.717, 1.165) is 10.6 Å². The Kier molecular flexibility index (Phi) is 4.27. The van der Waals surface area contributed by atoms with Gasteiger partial charge in [0.05, 0.1) is 0 Å². The van der Waals surface area contributed by atoms with E-state index in [1.165, 1.54) is 11.3 Å². The molecule has 0 aromatic carbocycles. The maximum Gasteiger partial charge on any atom is 0.371 e. The Morgan fingerprint density at radius 3 is 2.75 bits per heavy atom. The second-order valence-electron chi connectivity index (χ2n) is 4.00. The molecule has 0 unspecified atom stereocenters. The van der Waals surface area contributed by atoms with Crippen LogP contribution >= 0.6 is 11.3 Å². The molecule has 0 atom stereocenters. The molecule has 6 heteroatoms. The van der Waals surface area contributed by atoms with E-state index in [1.807, 2.05) is 18.2 Å². The average molecular weight is 289 g/mol. The number of hydrogen-bond donors (Lipinski definition) is 2. The van der Waals surface area contributed by atoms with Gasteiger partial charge in [-0.05, 0) is 18.2 Å². The first-order chi connectivity index (χ1) is 9.56. The van der Waals surface area contributed by atoms with Crippen LogP contribution in [0.1, 0.15) is 20.9 Å². The summed E-state index contributed by atoms with van der Waals surface area (Å²) < 4.78 is 0. The SMILES string of the molecule is O=C(O)C(O)=CC(=O)c1csc(Cc2ccccn2)c1. The van der Waals surface area contributed by atoms with Crippen molar-refractivity contribution < 1.29 is 19.8 Å². The maximum absolute atomic E-state index is 11.7. The van der Waals surface area contributed by atoms with Gasteiger partial charge in [0.1, 0.15) is 0 Å². The lowest BCUT2D eigenvalue weighted by molar-refractivity contribution is -0.135. The number of rotatable bonds is 5. The van der Waals surface area contributed by atoms with Crippen LogP contribution in [0.3, 0.4) is 0 Å². The van der Waals surface area contributed by atoms with Gasteiger partial charge in [-0.3, -0.25) is 9.78 Å². The van der Waals surface area contributed by atoms with E-state index < -0.39 is 17.5 Å². The summed E-state index contributed by atoms with van der Waals surface area (Å²) in [5.41, 5.74) is 1.24. The van der Waals surface area contributed by atoms with Crippen LogP contribution in [0.25, 0.3) is 0 Å². The summed E-state index contributed by atoms with van der Waals surface area (Å²) in [5.74, 6) is -3.02. The lowest BCUT2D eigenvalue weighted by Gasteiger charge is -1.96. The number of allylic oxidation sites excluding steroid dienone is 1. The van der Waals surface area contributed by atoms with Crippen molar-refractivity contribution in [2.24, 2.45) is 0 Å². The number of carbonyl (C=O) groups is 2. The molecule has 0 aliphatic rings. The van der Waals surface area contributed by atoms with Crippen molar-refractivity contribution in [3.63, 3.8) is 0 Å². The quantitative estimate of drug-likeness (QED) is 0.501. The van der Waals surface area contributed by atoms with E-state index >= 15 is 0 Å².